The van der Waals surface area contributed by atoms with Gasteiger partial charge in [0.1, 0.15) is 13.1 Å². The zero-order valence-electron chi connectivity index (χ0n) is 18.1. The molecule has 0 fully saturated rings. The maximum absolute atomic E-state index is 13.1. The summed E-state index contributed by atoms with van der Waals surface area (Å²) >= 11 is 0. The molecule has 0 saturated carbocycles. The Labute approximate surface area is 186 Å². The highest BCUT2D eigenvalue weighted by atomic mass is 16.6. The van der Waals surface area contributed by atoms with E-state index in [9.17, 15) is 14.7 Å². The quantitative estimate of drug-likeness (QED) is 0.448. The van der Waals surface area contributed by atoms with Crippen molar-refractivity contribution >= 4 is 28.5 Å². The second-order valence-electron chi connectivity index (χ2n) is 7.68. The first kappa shape index (κ1) is 18.6. The molecule has 4 aromatic carbocycles. The van der Waals surface area contributed by atoms with Gasteiger partial charge in [0.05, 0.1) is 1.37 Å². The molecule has 158 valence electrons. The highest BCUT2D eigenvalue weighted by Gasteiger charge is 2.30. The third-order valence-corrected chi connectivity index (χ3v) is 5.75. The van der Waals surface area contributed by atoms with E-state index in [-0.39, 0.29) is 0 Å². The minimum Gasteiger partial charge on any atom is -0.480 e. The number of ether oxygens (including phenoxy) is 1. The van der Waals surface area contributed by atoms with Crippen molar-refractivity contribution in [1.82, 2.24) is 0 Å². The van der Waals surface area contributed by atoms with Crippen LogP contribution in [0.3, 0.4) is 0 Å². The van der Waals surface area contributed by atoms with Crippen LogP contribution in [0.2, 0.25) is 0 Å². The number of hydrogen-bond acceptors (Lipinski definition) is 3. The summed E-state index contributed by atoms with van der Waals surface area (Å²) in [5, 5.41) is 11.3. The maximum atomic E-state index is 13.1. The molecule has 1 aliphatic rings. The lowest BCUT2D eigenvalue weighted by Crippen LogP contribution is -2.36. The maximum Gasteiger partial charge on any atom is 0.414 e. The number of rotatable bonds is 5. The van der Waals surface area contributed by atoms with Gasteiger partial charge < -0.3 is 9.84 Å². The average Bonchev–Trinajstić information content (AvgIpc) is 3.16. The Morgan fingerprint density at radius 1 is 0.844 bits per heavy atom. The van der Waals surface area contributed by atoms with Crippen molar-refractivity contribution in [2.24, 2.45) is 0 Å². The summed E-state index contributed by atoms with van der Waals surface area (Å²) in [4.78, 5) is 25.7. The molecule has 1 N–H and O–H groups in total. The van der Waals surface area contributed by atoms with Crippen LogP contribution in [0.4, 0.5) is 10.5 Å². The lowest BCUT2D eigenvalue weighted by Gasteiger charge is -2.22. The van der Waals surface area contributed by atoms with Crippen LogP contribution in [-0.4, -0.2) is 30.3 Å². The van der Waals surface area contributed by atoms with Gasteiger partial charge in [-0.3, -0.25) is 9.69 Å². The van der Waals surface area contributed by atoms with Crippen molar-refractivity contribution in [3.63, 3.8) is 0 Å². The molecule has 1 amide bonds. The van der Waals surface area contributed by atoms with Crippen LogP contribution in [-0.2, 0) is 9.53 Å². The Bertz CT molecular complexity index is 1320. The third-order valence-electron chi connectivity index (χ3n) is 5.75. The topological polar surface area (TPSA) is 66.8 Å². The summed E-state index contributed by atoms with van der Waals surface area (Å²) in [6, 6.07) is 28.4. The number of aliphatic carboxylic acids is 1. The molecule has 0 heterocycles. The second kappa shape index (κ2) is 8.19. The van der Waals surface area contributed by atoms with Crippen molar-refractivity contribution in [2.75, 3.05) is 18.0 Å². The monoisotopic (exact) mass is 424 g/mol. The summed E-state index contributed by atoms with van der Waals surface area (Å²) in [5.74, 6) is -1.62. The predicted molar refractivity (Wildman–Crippen MR) is 124 cm³/mol. The van der Waals surface area contributed by atoms with Gasteiger partial charge in [-0.2, -0.15) is 0 Å². The van der Waals surface area contributed by atoms with Gasteiger partial charge in [-0.1, -0.05) is 78.9 Å². The van der Waals surface area contributed by atoms with Crippen LogP contribution < -0.4 is 4.90 Å². The Morgan fingerprint density at radius 2 is 1.44 bits per heavy atom. The number of carbonyl (C=O) groups excluding carboxylic acids is 1. The van der Waals surface area contributed by atoms with Crippen molar-refractivity contribution in [3.05, 3.63) is 102 Å². The summed E-state index contributed by atoms with van der Waals surface area (Å²) in [7, 11) is 0. The molecule has 5 rings (SSSR count). The van der Waals surface area contributed by atoms with Crippen molar-refractivity contribution in [1.29, 1.82) is 0 Å². The summed E-state index contributed by atoms with van der Waals surface area (Å²) in [5.41, 5.74) is 4.27. The van der Waals surface area contributed by atoms with E-state index < -0.39 is 31.1 Å². The van der Waals surface area contributed by atoms with Gasteiger partial charge in [0.2, 0.25) is 0 Å². The third kappa shape index (κ3) is 3.58. The van der Waals surface area contributed by atoms with E-state index >= 15 is 0 Å². The molecule has 0 aliphatic heterocycles. The molecule has 5 heteroatoms. The van der Waals surface area contributed by atoms with Crippen LogP contribution in [0.25, 0.3) is 21.9 Å². The minimum atomic E-state index is -1.24. The van der Waals surface area contributed by atoms with E-state index in [1.54, 1.807) is 12.1 Å². The normalized spacial score (nSPS) is 13.7. The van der Waals surface area contributed by atoms with Crippen LogP contribution in [0.15, 0.2) is 91.0 Å². The molecular weight excluding hydrogens is 402 g/mol. The van der Waals surface area contributed by atoms with Crippen LogP contribution in [0.5, 0.6) is 0 Å². The first-order valence-corrected chi connectivity index (χ1v) is 10.3. The van der Waals surface area contributed by atoms with Crippen LogP contribution in [0, 0.1) is 0 Å². The van der Waals surface area contributed by atoms with Gasteiger partial charge in [-0.05, 0) is 45.2 Å². The van der Waals surface area contributed by atoms with Gasteiger partial charge in [0.25, 0.3) is 0 Å². The van der Waals surface area contributed by atoms with Crippen molar-refractivity contribution in [2.45, 2.75) is 5.92 Å². The molecule has 0 aromatic heterocycles. The molecule has 5 nitrogen and oxygen atoms in total. The van der Waals surface area contributed by atoms with E-state index in [0.717, 1.165) is 37.9 Å². The summed E-state index contributed by atoms with van der Waals surface area (Å²) in [6.07, 6.45) is -0.866. The molecule has 1 atom stereocenters. The van der Waals surface area contributed by atoms with Gasteiger partial charge in [0.15, 0.2) is 0 Å². The largest absolute Gasteiger partial charge is 0.480 e. The van der Waals surface area contributed by atoms with Crippen molar-refractivity contribution < 1.29 is 20.8 Å². The highest BCUT2D eigenvalue weighted by molar-refractivity contribution is 5.96. The number of fused-ring (bicyclic) bond motifs is 4. The number of carbonyl (C=O) groups is 2. The Morgan fingerprint density at radius 3 is 2.09 bits per heavy atom. The van der Waals surface area contributed by atoms with Crippen LogP contribution in [0.1, 0.15) is 18.4 Å². The molecule has 1 aliphatic carbocycles. The van der Waals surface area contributed by atoms with E-state index in [1.807, 2.05) is 78.9 Å². The predicted octanol–water partition coefficient (Wildman–Crippen LogP) is 5.68. The lowest BCUT2D eigenvalue weighted by atomic mass is 9.98. The average molecular weight is 424 g/mol. The van der Waals surface area contributed by atoms with Crippen LogP contribution >= 0.6 is 0 Å². The number of amides is 1. The molecule has 0 saturated heterocycles. The number of hydrogen-bond donors (Lipinski definition) is 1. The molecule has 0 radical (unpaired) electrons. The van der Waals surface area contributed by atoms with E-state index in [1.165, 1.54) is 0 Å². The first-order valence-electron chi connectivity index (χ1n) is 10.9. The first-order chi connectivity index (χ1) is 16.0. The minimum absolute atomic E-state index is 0.403. The molecule has 32 heavy (non-hydrogen) atoms. The fourth-order valence-corrected chi connectivity index (χ4v) is 4.27. The molecular formula is C27H21NO4. The lowest BCUT2D eigenvalue weighted by molar-refractivity contribution is -0.135. The Balaban J connectivity index is 1.45. The number of carboxylic acids is 1. The number of nitrogens with zero attached hydrogens (tertiary/aromatic N) is 1. The highest BCUT2D eigenvalue weighted by Crippen LogP contribution is 2.44. The van der Waals surface area contributed by atoms with Gasteiger partial charge in [0, 0.05) is 11.6 Å². The van der Waals surface area contributed by atoms with E-state index in [4.69, 9.17) is 6.11 Å². The van der Waals surface area contributed by atoms with Gasteiger partial charge >= 0.3 is 12.1 Å². The molecule has 0 spiro atoms. The Kier molecular flexibility index (Phi) is 4.77. The molecule has 4 aromatic rings. The fourth-order valence-electron chi connectivity index (χ4n) is 4.27. The zero-order chi connectivity index (χ0) is 22.9. The SMILES string of the molecule is [2H]C(OC(=O)N(CC(=O)O)c1ccc2ccccc2c1)C1c2ccccc2-c2ccccc21. The zero-order valence-corrected chi connectivity index (χ0v) is 17.1. The van der Waals surface area contributed by atoms with Gasteiger partial charge in [-0.15, -0.1) is 0 Å². The number of benzene rings is 4. The van der Waals surface area contributed by atoms with Gasteiger partial charge in [-0.25, -0.2) is 4.79 Å². The molecule has 1 unspecified atom stereocenters. The smallest absolute Gasteiger partial charge is 0.414 e. The van der Waals surface area contributed by atoms with E-state index in [0.29, 0.717) is 5.69 Å². The Hall–Kier alpha value is -4.12. The molecule has 0 bridgehead atoms. The number of anilines is 1. The summed E-state index contributed by atoms with van der Waals surface area (Å²) < 4.78 is 14.3. The summed E-state index contributed by atoms with van der Waals surface area (Å²) in [6.45, 7) is -1.80. The van der Waals surface area contributed by atoms with E-state index in [2.05, 4.69) is 0 Å². The number of carboxylic acid groups (broad SMARTS) is 1. The fraction of sp³-hybridized carbons (Fsp3) is 0.111. The second-order valence-corrected chi connectivity index (χ2v) is 7.68. The standard InChI is InChI=1S/C27H21NO4/c29-26(30)16-28(20-14-13-18-7-1-2-8-19(18)15-20)27(31)32-17-25-23-11-5-3-9-21(23)22-10-4-6-12-24(22)25/h1-15,25H,16-17H2,(H,29,30)/i17D. The van der Waals surface area contributed by atoms with Crippen molar-refractivity contribution in [3.8, 4) is 11.1 Å².